The molecule has 264 valence electrons. The van der Waals surface area contributed by atoms with E-state index in [1.807, 2.05) is 6.92 Å². The summed E-state index contributed by atoms with van der Waals surface area (Å²) in [6.07, 6.45) is -0.840. The molecule has 0 radical (unpaired) electrons. The maximum atomic E-state index is 13.8. The molecule has 1 heterocycles. The zero-order chi connectivity index (χ0) is 36.6. The number of primary amides is 1. The fourth-order valence-corrected chi connectivity index (χ4v) is 5.65. The lowest BCUT2D eigenvalue weighted by atomic mass is 9.90. The molecule has 0 saturated heterocycles. The van der Waals surface area contributed by atoms with Crippen LogP contribution in [0, 0.1) is 5.92 Å². The Morgan fingerprint density at radius 2 is 1.59 bits per heavy atom. The summed E-state index contributed by atoms with van der Waals surface area (Å²) < 4.78 is 0. The number of nitrogens with zero attached hydrogens (tertiary/aromatic N) is 1. The molecule has 0 aliphatic carbocycles. The Bertz CT molecular complexity index is 1620. The van der Waals surface area contributed by atoms with E-state index < -0.39 is 65.7 Å². The Morgan fingerprint density at radius 3 is 2.22 bits per heavy atom. The van der Waals surface area contributed by atoms with Gasteiger partial charge in [-0.2, -0.15) is 0 Å². The molecular weight excluding hydrogens is 634 g/mol. The van der Waals surface area contributed by atoms with Gasteiger partial charge in [0.15, 0.2) is 11.6 Å². The summed E-state index contributed by atoms with van der Waals surface area (Å²) in [5, 5.41) is 29.2. The first-order chi connectivity index (χ1) is 23.0. The van der Waals surface area contributed by atoms with Gasteiger partial charge in [0.2, 0.25) is 29.5 Å². The first kappa shape index (κ1) is 38.2. The summed E-state index contributed by atoms with van der Waals surface area (Å²) in [6.45, 7) is 6.39. The van der Waals surface area contributed by atoms with E-state index in [9.17, 15) is 43.8 Å². The largest absolute Gasteiger partial charge is 0.507 e. The Labute approximate surface area is 284 Å². The summed E-state index contributed by atoms with van der Waals surface area (Å²) in [6, 6.07) is 5.37. The molecule has 0 fully saturated rings. The van der Waals surface area contributed by atoms with E-state index in [0.29, 0.717) is 17.5 Å². The highest BCUT2D eigenvalue weighted by atomic mass is 16.3. The first-order valence-corrected chi connectivity index (χ1v) is 16.2. The van der Waals surface area contributed by atoms with Crippen LogP contribution in [0.1, 0.15) is 77.0 Å². The van der Waals surface area contributed by atoms with Crippen molar-refractivity contribution in [3.63, 3.8) is 0 Å². The molecule has 5 atom stereocenters. The summed E-state index contributed by atoms with van der Waals surface area (Å²) in [7, 11) is 1.39. The van der Waals surface area contributed by atoms with Crippen molar-refractivity contribution >= 4 is 41.1 Å². The number of likely N-dealkylation sites (N-methyl/N-ethyl adjacent to an activating group) is 1. The van der Waals surface area contributed by atoms with Crippen molar-refractivity contribution in [2.45, 2.75) is 90.4 Å². The van der Waals surface area contributed by atoms with Gasteiger partial charge in [-0.05, 0) is 55.7 Å². The molecule has 4 bridgehead atoms. The van der Waals surface area contributed by atoms with E-state index in [1.165, 1.54) is 43.1 Å². The summed E-state index contributed by atoms with van der Waals surface area (Å²) in [5.41, 5.74) is 6.85. The van der Waals surface area contributed by atoms with Crippen molar-refractivity contribution in [2.75, 3.05) is 7.05 Å². The Balaban J connectivity index is 1.86. The number of hydrogen-bond acceptors (Lipinski definition) is 9. The zero-order valence-corrected chi connectivity index (χ0v) is 28.4. The van der Waals surface area contributed by atoms with E-state index in [-0.39, 0.29) is 54.7 Å². The van der Waals surface area contributed by atoms with Crippen LogP contribution in [0.25, 0.3) is 11.1 Å². The smallest absolute Gasteiger partial charge is 0.243 e. The van der Waals surface area contributed by atoms with E-state index in [4.69, 9.17) is 5.73 Å². The normalized spacial score (nSPS) is 19.0. The SMILES string of the molecule is CCC(=O)N[C@H](CC(N)=O)C(=O)N[C@H](C)C(=O)CCC(=O)N(C)[C@@H]1C(=O)C[C@@H](C)C(=O)N[C@H](C)Cc2ccc(O)c(c2)-c2cc1ccc2O. The van der Waals surface area contributed by atoms with Crippen LogP contribution in [0.4, 0.5) is 0 Å². The van der Waals surface area contributed by atoms with E-state index >= 15 is 0 Å². The monoisotopic (exact) mass is 679 g/mol. The second-order valence-electron chi connectivity index (χ2n) is 12.6. The Hall–Kier alpha value is -5.27. The van der Waals surface area contributed by atoms with Crippen LogP contribution in [0.2, 0.25) is 0 Å². The van der Waals surface area contributed by atoms with Crippen molar-refractivity contribution in [2.24, 2.45) is 11.7 Å². The molecule has 1 aliphatic heterocycles. The third kappa shape index (κ3) is 10.1. The Morgan fingerprint density at radius 1 is 0.959 bits per heavy atom. The maximum absolute atomic E-state index is 13.8. The van der Waals surface area contributed by atoms with Gasteiger partial charge in [0.25, 0.3) is 0 Å². The highest BCUT2D eigenvalue weighted by Gasteiger charge is 2.33. The molecule has 0 aromatic heterocycles. The van der Waals surface area contributed by atoms with Crippen LogP contribution < -0.4 is 21.7 Å². The number of carbonyl (C=O) groups excluding carboxylic acids is 7. The topological polar surface area (TPSA) is 225 Å². The fraction of sp³-hybridized carbons (Fsp3) is 0.457. The number of benzene rings is 2. The predicted molar refractivity (Wildman–Crippen MR) is 179 cm³/mol. The van der Waals surface area contributed by atoms with Gasteiger partial charge in [-0.3, -0.25) is 33.6 Å². The molecule has 1 aliphatic rings. The molecule has 2 aromatic rings. The minimum absolute atomic E-state index is 0.0581. The first-order valence-electron chi connectivity index (χ1n) is 16.2. The number of phenolic OH excluding ortho intramolecular Hbond substituents is 2. The molecule has 49 heavy (non-hydrogen) atoms. The molecule has 3 rings (SSSR count). The van der Waals surface area contributed by atoms with Crippen molar-refractivity contribution < 1.29 is 43.8 Å². The average molecular weight is 680 g/mol. The predicted octanol–water partition coefficient (Wildman–Crippen LogP) is 1.54. The van der Waals surface area contributed by atoms with Crippen LogP contribution in [-0.2, 0) is 40.0 Å². The van der Waals surface area contributed by atoms with Gasteiger partial charge in [0.1, 0.15) is 23.6 Å². The van der Waals surface area contributed by atoms with E-state index in [2.05, 4.69) is 16.0 Å². The minimum Gasteiger partial charge on any atom is -0.507 e. The molecule has 2 aromatic carbocycles. The zero-order valence-electron chi connectivity index (χ0n) is 28.4. The van der Waals surface area contributed by atoms with Crippen LogP contribution in [0.5, 0.6) is 11.5 Å². The van der Waals surface area contributed by atoms with Gasteiger partial charge >= 0.3 is 0 Å². The molecule has 0 unspecified atom stereocenters. The molecule has 0 saturated carbocycles. The van der Waals surface area contributed by atoms with Gasteiger partial charge in [-0.15, -0.1) is 0 Å². The number of Topliss-reactive ketones (excluding diaryl/α,β-unsaturated/α-hetero) is 2. The van der Waals surface area contributed by atoms with Crippen molar-refractivity contribution in [1.82, 2.24) is 20.9 Å². The number of aromatic hydroxyl groups is 2. The number of rotatable bonds is 11. The summed E-state index contributed by atoms with van der Waals surface area (Å²) in [5.74, 6) is -5.02. The highest BCUT2D eigenvalue weighted by molar-refractivity contribution is 5.97. The van der Waals surface area contributed by atoms with Crippen LogP contribution >= 0.6 is 0 Å². The number of phenols is 2. The van der Waals surface area contributed by atoms with Gasteiger partial charge in [0.05, 0.1) is 12.5 Å². The van der Waals surface area contributed by atoms with Gasteiger partial charge in [-0.25, -0.2) is 0 Å². The molecule has 14 nitrogen and oxygen atoms in total. The van der Waals surface area contributed by atoms with Gasteiger partial charge in [0, 0.05) is 55.8 Å². The second-order valence-corrected chi connectivity index (χ2v) is 12.6. The number of carbonyl (C=O) groups is 7. The molecule has 14 heteroatoms. The van der Waals surface area contributed by atoms with E-state index in [1.54, 1.807) is 26.0 Å². The molecular formula is C35H45N5O9. The number of nitrogens with two attached hydrogens (primary N) is 1. The quantitative estimate of drug-likeness (QED) is 0.202. The van der Waals surface area contributed by atoms with E-state index in [0.717, 1.165) is 5.56 Å². The fourth-order valence-electron chi connectivity index (χ4n) is 5.65. The average Bonchev–Trinajstić information content (AvgIpc) is 3.03. The van der Waals surface area contributed by atoms with Crippen LogP contribution in [0.3, 0.4) is 0 Å². The van der Waals surface area contributed by atoms with Crippen molar-refractivity contribution in [3.8, 4) is 22.6 Å². The van der Waals surface area contributed by atoms with Gasteiger partial charge in [-0.1, -0.05) is 26.0 Å². The summed E-state index contributed by atoms with van der Waals surface area (Å²) in [4.78, 5) is 90.5. The number of hydrogen-bond donors (Lipinski definition) is 6. The lowest BCUT2D eigenvalue weighted by Crippen LogP contribution is -2.52. The van der Waals surface area contributed by atoms with Crippen LogP contribution in [-0.4, -0.2) is 81.4 Å². The summed E-state index contributed by atoms with van der Waals surface area (Å²) >= 11 is 0. The lowest BCUT2D eigenvalue weighted by molar-refractivity contribution is -0.140. The Kier molecular flexibility index (Phi) is 13.0. The molecule has 7 N–H and O–H groups in total. The number of nitrogens with one attached hydrogen (secondary N) is 3. The second kappa shape index (κ2) is 16.7. The number of amides is 5. The van der Waals surface area contributed by atoms with Crippen LogP contribution in [0.15, 0.2) is 36.4 Å². The van der Waals surface area contributed by atoms with Crippen molar-refractivity contribution in [1.29, 1.82) is 0 Å². The number of ketones is 2. The number of fused-ring (bicyclic) bond motifs is 5. The van der Waals surface area contributed by atoms with Crippen molar-refractivity contribution in [3.05, 3.63) is 47.5 Å². The molecule has 5 amide bonds. The maximum Gasteiger partial charge on any atom is 0.243 e. The van der Waals surface area contributed by atoms with Gasteiger partial charge < -0.3 is 36.8 Å². The third-order valence-electron chi connectivity index (χ3n) is 8.46. The standard InChI is InChI=1S/C35H45N5O9/c1-6-31(46)39-25(17-30(36)45)35(49)38-20(4)26(41)11-12-32(47)40(5)33-22-8-10-28(43)24(16-22)23-15-21(7-9-27(23)42)14-19(3)37-34(48)18(2)13-29(33)44/h7-10,15-16,18-20,25,33,42-43H,6,11-14,17H2,1-5H3,(H2,36,45)(H,37,48)(H,38,49)(H,39,46)/t18-,19-,20-,25-,33+/m1/s1. The highest BCUT2D eigenvalue weighted by Crippen LogP contribution is 2.39. The third-order valence-corrected chi connectivity index (χ3v) is 8.46. The minimum atomic E-state index is -1.28. The lowest BCUT2D eigenvalue weighted by Gasteiger charge is -2.29. The molecule has 0 spiro atoms.